The van der Waals surface area contributed by atoms with Crippen molar-refractivity contribution in [1.82, 2.24) is 5.32 Å². The maximum Gasteiger partial charge on any atom is 0.0156 e. The Morgan fingerprint density at radius 3 is 2.53 bits per heavy atom. The van der Waals surface area contributed by atoms with Gasteiger partial charge >= 0.3 is 0 Å². The van der Waals surface area contributed by atoms with Crippen LogP contribution in [-0.2, 0) is 12.8 Å². The summed E-state index contributed by atoms with van der Waals surface area (Å²) in [5.41, 5.74) is 2.76. The van der Waals surface area contributed by atoms with Gasteiger partial charge in [-0.15, -0.1) is 11.3 Å². The number of aryl methyl sites for hydroxylation is 1. The molecule has 1 unspecified atom stereocenters. The number of nitrogens with one attached hydrogen (secondary N) is 1. The lowest BCUT2D eigenvalue weighted by Gasteiger charge is -2.18. The molecule has 0 amide bonds. The van der Waals surface area contributed by atoms with Crippen LogP contribution in [0.15, 0.2) is 41.8 Å². The van der Waals surface area contributed by atoms with E-state index in [4.69, 9.17) is 0 Å². The fourth-order valence-electron chi connectivity index (χ4n) is 2.25. The van der Waals surface area contributed by atoms with Gasteiger partial charge in [0, 0.05) is 10.9 Å². The molecule has 0 spiro atoms. The summed E-state index contributed by atoms with van der Waals surface area (Å²) in [6.07, 6.45) is 3.43. The zero-order valence-corrected chi connectivity index (χ0v) is 12.7. The molecule has 0 saturated heterocycles. The quantitative estimate of drug-likeness (QED) is 0.797. The van der Waals surface area contributed by atoms with Crippen molar-refractivity contribution in [3.05, 3.63) is 57.8 Å². The van der Waals surface area contributed by atoms with Gasteiger partial charge in [0.05, 0.1) is 0 Å². The van der Waals surface area contributed by atoms with Crippen LogP contribution in [0.25, 0.3) is 0 Å². The van der Waals surface area contributed by atoms with Gasteiger partial charge in [0.2, 0.25) is 0 Å². The number of thiophene rings is 1. The van der Waals surface area contributed by atoms with E-state index in [-0.39, 0.29) is 0 Å². The van der Waals surface area contributed by atoms with E-state index < -0.39 is 0 Å². The van der Waals surface area contributed by atoms with Gasteiger partial charge < -0.3 is 5.32 Å². The summed E-state index contributed by atoms with van der Waals surface area (Å²) in [7, 11) is 0. The third-order valence-electron chi connectivity index (χ3n) is 3.31. The summed E-state index contributed by atoms with van der Waals surface area (Å²) in [6.45, 7) is 5.46. The van der Waals surface area contributed by atoms with Crippen molar-refractivity contribution in [2.75, 3.05) is 6.54 Å². The fraction of sp³-hybridized carbons (Fsp3) is 0.412. The Kier molecular flexibility index (Phi) is 5.62. The van der Waals surface area contributed by atoms with Crippen LogP contribution in [0.3, 0.4) is 0 Å². The molecule has 19 heavy (non-hydrogen) atoms. The van der Waals surface area contributed by atoms with Crippen LogP contribution in [-0.4, -0.2) is 12.6 Å². The van der Waals surface area contributed by atoms with E-state index in [1.54, 1.807) is 0 Å². The van der Waals surface area contributed by atoms with Gasteiger partial charge in [-0.05, 0) is 49.7 Å². The third-order valence-corrected chi connectivity index (χ3v) is 4.21. The van der Waals surface area contributed by atoms with Crippen LogP contribution in [0.5, 0.6) is 0 Å². The second-order valence-electron chi connectivity index (χ2n) is 5.12. The predicted octanol–water partition coefficient (Wildman–Crippen LogP) is 4.21. The van der Waals surface area contributed by atoms with E-state index >= 15 is 0 Å². The Labute approximate surface area is 120 Å². The smallest absolute Gasteiger partial charge is 0.0156 e. The lowest BCUT2D eigenvalue weighted by Crippen LogP contribution is -2.33. The minimum atomic E-state index is 0.543. The van der Waals surface area contributed by atoms with Gasteiger partial charge in [-0.25, -0.2) is 0 Å². The van der Waals surface area contributed by atoms with Crippen LogP contribution in [0.2, 0.25) is 0 Å². The summed E-state index contributed by atoms with van der Waals surface area (Å²) in [5.74, 6) is 0. The molecular weight excluding hydrogens is 250 g/mol. The molecule has 0 radical (unpaired) electrons. The standard InChI is InChI=1S/C17H23NS/c1-3-10-18-16(13-17-5-4-11-19-17)12-15-8-6-14(2)7-9-15/h4-9,11,16,18H,3,10,12-13H2,1-2H3. The maximum atomic E-state index is 3.68. The molecule has 0 bridgehead atoms. The van der Waals surface area contributed by atoms with Crippen LogP contribution in [0, 0.1) is 6.92 Å². The Balaban J connectivity index is 1.98. The first-order valence-electron chi connectivity index (χ1n) is 7.09. The normalized spacial score (nSPS) is 12.5. The zero-order valence-electron chi connectivity index (χ0n) is 11.9. The molecule has 0 aliphatic heterocycles. The van der Waals surface area contributed by atoms with Gasteiger partial charge in [-0.3, -0.25) is 0 Å². The van der Waals surface area contributed by atoms with E-state index in [0.29, 0.717) is 6.04 Å². The number of hydrogen-bond donors (Lipinski definition) is 1. The largest absolute Gasteiger partial charge is 0.313 e. The molecule has 1 heterocycles. The first kappa shape index (κ1) is 14.3. The van der Waals surface area contributed by atoms with Crippen molar-refractivity contribution in [2.45, 2.75) is 39.2 Å². The Morgan fingerprint density at radius 1 is 1.11 bits per heavy atom. The van der Waals surface area contributed by atoms with E-state index in [2.05, 4.69) is 60.9 Å². The fourth-order valence-corrected chi connectivity index (χ4v) is 3.03. The highest BCUT2D eigenvalue weighted by Crippen LogP contribution is 2.14. The molecule has 1 aromatic heterocycles. The topological polar surface area (TPSA) is 12.0 Å². The molecule has 102 valence electrons. The molecule has 1 nitrogen and oxygen atoms in total. The van der Waals surface area contributed by atoms with Crippen molar-refractivity contribution in [2.24, 2.45) is 0 Å². The van der Waals surface area contributed by atoms with Crippen molar-refractivity contribution < 1.29 is 0 Å². The minimum absolute atomic E-state index is 0.543. The average molecular weight is 273 g/mol. The first-order chi connectivity index (χ1) is 9.28. The molecular formula is C17H23NS. The zero-order chi connectivity index (χ0) is 13.5. The summed E-state index contributed by atoms with van der Waals surface area (Å²) in [4.78, 5) is 1.47. The maximum absolute atomic E-state index is 3.68. The third kappa shape index (κ3) is 4.81. The Hall–Kier alpha value is -1.12. The Bertz CT molecular complexity index is 459. The predicted molar refractivity (Wildman–Crippen MR) is 85.0 cm³/mol. The van der Waals surface area contributed by atoms with Crippen molar-refractivity contribution in [3.63, 3.8) is 0 Å². The molecule has 2 aromatic rings. The van der Waals surface area contributed by atoms with Crippen molar-refractivity contribution in [1.29, 1.82) is 0 Å². The first-order valence-corrected chi connectivity index (χ1v) is 7.97. The lowest BCUT2D eigenvalue weighted by atomic mass is 10.0. The Morgan fingerprint density at radius 2 is 1.89 bits per heavy atom. The van der Waals surface area contributed by atoms with E-state index in [1.807, 2.05) is 11.3 Å². The molecule has 0 fully saturated rings. The van der Waals surface area contributed by atoms with Gasteiger partial charge in [-0.1, -0.05) is 42.8 Å². The molecule has 1 N–H and O–H groups in total. The van der Waals surface area contributed by atoms with Gasteiger partial charge in [0.25, 0.3) is 0 Å². The highest BCUT2D eigenvalue weighted by atomic mass is 32.1. The van der Waals surface area contributed by atoms with Crippen molar-refractivity contribution in [3.8, 4) is 0 Å². The van der Waals surface area contributed by atoms with Crippen LogP contribution in [0.4, 0.5) is 0 Å². The van der Waals surface area contributed by atoms with Crippen molar-refractivity contribution >= 4 is 11.3 Å². The molecule has 2 rings (SSSR count). The summed E-state index contributed by atoms with van der Waals surface area (Å²) in [6, 6.07) is 13.8. The van der Waals surface area contributed by atoms with Gasteiger partial charge in [0.1, 0.15) is 0 Å². The summed E-state index contributed by atoms with van der Waals surface area (Å²) < 4.78 is 0. The van der Waals surface area contributed by atoms with E-state index in [1.165, 1.54) is 22.4 Å². The van der Waals surface area contributed by atoms with Crippen LogP contribution in [0.1, 0.15) is 29.3 Å². The minimum Gasteiger partial charge on any atom is -0.313 e. The molecule has 0 aliphatic rings. The second-order valence-corrected chi connectivity index (χ2v) is 6.16. The van der Waals surface area contributed by atoms with E-state index in [9.17, 15) is 0 Å². The number of hydrogen-bond acceptors (Lipinski definition) is 2. The molecule has 1 aromatic carbocycles. The van der Waals surface area contributed by atoms with E-state index in [0.717, 1.165) is 19.4 Å². The number of benzene rings is 1. The molecule has 0 saturated carbocycles. The van der Waals surface area contributed by atoms with Crippen LogP contribution >= 0.6 is 11.3 Å². The highest BCUT2D eigenvalue weighted by molar-refractivity contribution is 7.09. The molecule has 2 heteroatoms. The van der Waals surface area contributed by atoms with Crippen LogP contribution < -0.4 is 5.32 Å². The molecule has 1 atom stereocenters. The molecule has 0 aliphatic carbocycles. The SMILES string of the molecule is CCCNC(Cc1ccc(C)cc1)Cc1cccs1. The highest BCUT2D eigenvalue weighted by Gasteiger charge is 2.10. The summed E-state index contributed by atoms with van der Waals surface area (Å²) in [5, 5.41) is 5.84. The lowest BCUT2D eigenvalue weighted by molar-refractivity contribution is 0.507. The second kappa shape index (κ2) is 7.46. The van der Waals surface area contributed by atoms with Gasteiger partial charge in [0.15, 0.2) is 0 Å². The van der Waals surface area contributed by atoms with Gasteiger partial charge in [-0.2, -0.15) is 0 Å². The average Bonchev–Trinajstić information content (AvgIpc) is 2.91. The summed E-state index contributed by atoms with van der Waals surface area (Å²) >= 11 is 1.86. The monoisotopic (exact) mass is 273 g/mol. The number of rotatable bonds is 7.